The maximum absolute atomic E-state index is 13.0. The summed E-state index contributed by atoms with van der Waals surface area (Å²) in [5.74, 6) is -1.84. The van der Waals surface area contributed by atoms with E-state index in [2.05, 4.69) is 0 Å². The first kappa shape index (κ1) is 20.1. The molecule has 162 valence electrons. The van der Waals surface area contributed by atoms with E-state index in [0.29, 0.717) is 13.1 Å². The number of hydrogen-bond donors (Lipinski definition) is 0. The van der Waals surface area contributed by atoms with E-state index in [9.17, 15) is 19.2 Å². The minimum atomic E-state index is -0.884. The Morgan fingerprint density at radius 3 is 2.58 bits per heavy atom. The number of aromatic nitrogens is 1. The highest BCUT2D eigenvalue weighted by Crippen LogP contribution is 2.33. The Morgan fingerprint density at radius 2 is 1.81 bits per heavy atom. The molecule has 5 amide bonds. The average molecular weight is 441 g/mol. The van der Waals surface area contributed by atoms with Crippen LogP contribution in [-0.4, -0.2) is 69.1 Å². The van der Waals surface area contributed by atoms with E-state index in [1.165, 1.54) is 0 Å². The summed E-state index contributed by atoms with van der Waals surface area (Å²) in [6.07, 6.45) is 5.11. The second-order valence-corrected chi connectivity index (χ2v) is 9.55. The number of carbonyl (C=O) groups is 4. The molecule has 31 heavy (non-hydrogen) atoms. The molecule has 3 heterocycles. The van der Waals surface area contributed by atoms with Crippen molar-refractivity contribution in [1.29, 1.82) is 0 Å². The molecule has 1 aromatic carbocycles. The van der Waals surface area contributed by atoms with Crippen LogP contribution in [0.15, 0.2) is 24.3 Å². The van der Waals surface area contributed by atoms with Crippen LogP contribution in [0.1, 0.15) is 49.5 Å². The molecular weight excluding hydrogens is 416 g/mol. The van der Waals surface area contributed by atoms with Gasteiger partial charge < -0.3 is 4.90 Å². The fourth-order valence-electron chi connectivity index (χ4n) is 4.85. The fourth-order valence-corrected chi connectivity index (χ4v) is 5.94. The summed E-state index contributed by atoms with van der Waals surface area (Å²) in [5, 5.41) is 1.01. The third kappa shape index (κ3) is 3.60. The molecule has 9 heteroatoms. The topological polar surface area (TPSA) is 90.9 Å². The first-order valence-corrected chi connectivity index (χ1v) is 11.7. The van der Waals surface area contributed by atoms with Gasteiger partial charge in [-0.3, -0.25) is 19.3 Å². The van der Waals surface area contributed by atoms with Crippen molar-refractivity contribution in [3.63, 3.8) is 0 Å². The van der Waals surface area contributed by atoms with E-state index in [1.807, 2.05) is 24.3 Å². The highest BCUT2D eigenvalue weighted by atomic mass is 32.1. The zero-order chi connectivity index (χ0) is 21.5. The Labute approximate surface area is 183 Å². The summed E-state index contributed by atoms with van der Waals surface area (Å²) < 4.78 is 1.12. The van der Waals surface area contributed by atoms with Gasteiger partial charge in [-0.15, -0.1) is 11.3 Å². The van der Waals surface area contributed by atoms with Crippen molar-refractivity contribution in [2.45, 2.75) is 50.5 Å². The molecule has 3 fully saturated rings. The largest absolute Gasteiger partial charge is 0.340 e. The highest BCUT2D eigenvalue weighted by molar-refractivity contribution is 7.18. The number of carbonyl (C=O) groups excluding carboxylic acids is 4. The third-order valence-electron chi connectivity index (χ3n) is 6.50. The van der Waals surface area contributed by atoms with Gasteiger partial charge in [-0.05, 0) is 37.8 Å². The summed E-state index contributed by atoms with van der Waals surface area (Å²) in [6, 6.07) is 7.11. The van der Waals surface area contributed by atoms with Gasteiger partial charge in [0.2, 0.25) is 5.91 Å². The highest BCUT2D eigenvalue weighted by Gasteiger charge is 2.49. The van der Waals surface area contributed by atoms with E-state index in [0.717, 1.165) is 63.5 Å². The summed E-state index contributed by atoms with van der Waals surface area (Å²) in [7, 11) is 0. The second kappa shape index (κ2) is 8.03. The van der Waals surface area contributed by atoms with Crippen LogP contribution in [0.2, 0.25) is 0 Å². The Hall–Kier alpha value is -2.81. The van der Waals surface area contributed by atoms with Crippen LogP contribution in [-0.2, 0) is 14.4 Å². The smallest absolute Gasteiger partial charge is 0.334 e. The SMILES string of the molecule is O=C(CN1C(=O)C(=O)N(C2CCCC2)C1=O)N1CCC[C@@H](c2nc3ccccc3s2)C1. The average Bonchev–Trinajstić information content (AvgIpc) is 3.50. The van der Waals surface area contributed by atoms with Crippen molar-refractivity contribution in [2.75, 3.05) is 19.6 Å². The van der Waals surface area contributed by atoms with Crippen LogP contribution in [0.5, 0.6) is 0 Å². The number of likely N-dealkylation sites (tertiary alicyclic amines) is 1. The first-order chi connectivity index (χ1) is 15.0. The van der Waals surface area contributed by atoms with E-state index in [-0.39, 0.29) is 24.4 Å². The van der Waals surface area contributed by atoms with Gasteiger partial charge in [-0.2, -0.15) is 0 Å². The lowest BCUT2D eigenvalue weighted by atomic mass is 9.98. The van der Waals surface area contributed by atoms with Crippen LogP contribution in [0.25, 0.3) is 10.2 Å². The number of rotatable bonds is 4. The molecule has 2 aromatic rings. The number of urea groups is 1. The number of piperidine rings is 1. The van der Waals surface area contributed by atoms with Gasteiger partial charge in [0.15, 0.2) is 0 Å². The Morgan fingerprint density at radius 1 is 1.03 bits per heavy atom. The van der Waals surface area contributed by atoms with Crippen molar-refractivity contribution in [3.8, 4) is 0 Å². The van der Waals surface area contributed by atoms with E-state index in [1.54, 1.807) is 16.2 Å². The Bertz CT molecular complexity index is 1030. The summed E-state index contributed by atoms with van der Waals surface area (Å²) in [5.41, 5.74) is 0.963. The van der Waals surface area contributed by atoms with Crippen LogP contribution < -0.4 is 0 Å². The lowest BCUT2D eigenvalue weighted by Crippen LogP contribution is -2.47. The van der Waals surface area contributed by atoms with E-state index < -0.39 is 17.8 Å². The summed E-state index contributed by atoms with van der Waals surface area (Å²) >= 11 is 1.65. The van der Waals surface area contributed by atoms with Crippen molar-refractivity contribution in [1.82, 2.24) is 19.7 Å². The van der Waals surface area contributed by atoms with Gasteiger partial charge >= 0.3 is 17.8 Å². The molecule has 0 unspecified atom stereocenters. The number of nitrogens with zero attached hydrogens (tertiary/aromatic N) is 4. The van der Waals surface area contributed by atoms with Crippen molar-refractivity contribution in [3.05, 3.63) is 29.3 Å². The van der Waals surface area contributed by atoms with Crippen LogP contribution in [0, 0.1) is 0 Å². The number of hydrogen-bond acceptors (Lipinski definition) is 6. The first-order valence-electron chi connectivity index (χ1n) is 10.8. The lowest BCUT2D eigenvalue weighted by Gasteiger charge is -2.32. The predicted molar refractivity (Wildman–Crippen MR) is 114 cm³/mol. The van der Waals surface area contributed by atoms with Gasteiger partial charge in [0.25, 0.3) is 0 Å². The molecule has 2 aliphatic heterocycles. The van der Waals surface area contributed by atoms with Crippen LogP contribution in [0.3, 0.4) is 0 Å². The molecule has 1 aromatic heterocycles. The van der Waals surface area contributed by atoms with Gasteiger partial charge in [0, 0.05) is 25.0 Å². The zero-order valence-corrected chi connectivity index (χ0v) is 18.0. The number of fused-ring (bicyclic) bond motifs is 1. The molecule has 2 saturated heterocycles. The van der Waals surface area contributed by atoms with Crippen LogP contribution in [0.4, 0.5) is 4.79 Å². The molecular formula is C22H24N4O4S. The van der Waals surface area contributed by atoms with Gasteiger partial charge in [0.05, 0.1) is 15.2 Å². The molecule has 1 atom stereocenters. The molecule has 5 rings (SSSR count). The van der Waals surface area contributed by atoms with Gasteiger partial charge in [-0.25, -0.2) is 14.7 Å². The monoisotopic (exact) mass is 440 g/mol. The molecule has 3 aliphatic rings. The maximum atomic E-state index is 13.0. The third-order valence-corrected chi connectivity index (χ3v) is 7.70. The zero-order valence-electron chi connectivity index (χ0n) is 17.2. The molecule has 8 nitrogen and oxygen atoms in total. The Kier molecular flexibility index (Phi) is 5.21. The van der Waals surface area contributed by atoms with Crippen molar-refractivity contribution < 1.29 is 19.2 Å². The summed E-state index contributed by atoms with van der Waals surface area (Å²) in [4.78, 5) is 58.8. The van der Waals surface area contributed by atoms with E-state index >= 15 is 0 Å². The predicted octanol–water partition coefficient (Wildman–Crippen LogP) is 2.74. The minimum absolute atomic E-state index is 0.136. The number of imide groups is 2. The molecule has 1 aliphatic carbocycles. The Balaban J connectivity index is 1.27. The van der Waals surface area contributed by atoms with Crippen molar-refractivity contribution in [2.24, 2.45) is 0 Å². The van der Waals surface area contributed by atoms with E-state index in [4.69, 9.17) is 4.98 Å². The molecule has 0 radical (unpaired) electrons. The number of benzene rings is 1. The summed E-state index contributed by atoms with van der Waals surface area (Å²) in [6.45, 7) is 0.713. The lowest BCUT2D eigenvalue weighted by molar-refractivity contribution is -0.145. The second-order valence-electron chi connectivity index (χ2n) is 8.49. The normalized spacial score (nSPS) is 22.9. The fraction of sp³-hybridized carbons (Fsp3) is 0.500. The van der Waals surface area contributed by atoms with Crippen LogP contribution >= 0.6 is 11.3 Å². The molecule has 0 spiro atoms. The van der Waals surface area contributed by atoms with Gasteiger partial charge in [0.1, 0.15) is 6.54 Å². The van der Waals surface area contributed by atoms with Crippen molar-refractivity contribution >= 4 is 45.3 Å². The van der Waals surface area contributed by atoms with Gasteiger partial charge in [-0.1, -0.05) is 25.0 Å². The molecule has 0 N–H and O–H groups in total. The molecule has 0 bridgehead atoms. The standard InChI is InChI=1S/C22H24N4O4S/c27-18(13-25-20(28)21(29)26(22(25)30)15-7-1-2-8-15)24-11-5-6-14(12-24)19-23-16-9-3-4-10-17(16)31-19/h3-4,9-10,14-15H,1-2,5-8,11-13H2/t14-/m1/s1. The quantitative estimate of drug-likeness (QED) is 0.539. The number of amides is 5. The maximum Gasteiger partial charge on any atom is 0.334 e. The minimum Gasteiger partial charge on any atom is -0.340 e. The number of thiazole rings is 1. The number of para-hydroxylation sites is 1. The molecule has 1 saturated carbocycles.